The number of nitrogens with two attached hydrogens (primary N) is 1. The Bertz CT molecular complexity index is 433. The highest BCUT2D eigenvalue weighted by Crippen LogP contribution is 2.19. The number of amides is 1. The molecule has 0 fully saturated rings. The third kappa shape index (κ3) is 4.44. The second-order valence-corrected chi connectivity index (χ2v) is 4.83. The van der Waals surface area contributed by atoms with E-state index in [-0.39, 0.29) is 24.5 Å². The largest absolute Gasteiger partial charge is 0.497 e. The molecular weight excluding hydrogens is 244 g/mol. The third-order valence-electron chi connectivity index (χ3n) is 2.99. The molecule has 1 aromatic rings. The molecule has 0 bridgehead atoms. The smallest absolute Gasteiger partial charge is 0.251 e. The van der Waals surface area contributed by atoms with Crippen molar-refractivity contribution in [2.45, 2.75) is 26.3 Å². The maximum atomic E-state index is 12.2. The molecule has 0 aliphatic heterocycles. The highest BCUT2D eigenvalue weighted by molar-refractivity contribution is 5.95. The van der Waals surface area contributed by atoms with Crippen LogP contribution in [0, 0.1) is 5.92 Å². The van der Waals surface area contributed by atoms with Crippen LogP contribution in [0.15, 0.2) is 18.2 Å². The lowest BCUT2D eigenvalue weighted by Crippen LogP contribution is -2.39. The van der Waals surface area contributed by atoms with Crippen LogP contribution in [0.4, 0.5) is 5.69 Å². The molecule has 5 heteroatoms. The van der Waals surface area contributed by atoms with Crippen molar-refractivity contribution >= 4 is 11.6 Å². The van der Waals surface area contributed by atoms with Gasteiger partial charge in [-0.1, -0.05) is 13.8 Å². The molecule has 5 nitrogen and oxygen atoms in total. The standard InChI is InChI=1S/C14H22N2O3/c1-9(2)13(4-5-17)16-14(18)10-6-11(15)8-12(7-10)19-3/h6-9,13,17H,4-5,15H2,1-3H3,(H,16,18). The summed E-state index contributed by atoms with van der Waals surface area (Å²) in [7, 11) is 1.53. The second-order valence-electron chi connectivity index (χ2n) is 4.83. The van der Waals surface area contributed by atoms with Crippen LogP contribution in [0.1, 0.15) is 30.6 Å². The fourth-order valence-corrected chi connectivity index (χ4v) is 1.83. The number of anilines is 1. The van der Waals surface area contributed by atoms with Crippen LogP contribution in [-0.4, -0.2) is 30.8 Å². The van der Waals surface area contributed by atoms with E-state index >= 15 is 0 Å². The molecule has 1 unspecified atom stereocenters. The van der Waals surface area contributed by atoms with E-state index in [2.05, 4.69) is 5.32 Å². The number of hydrogen-bond acceptors (Lipinski definition) is 4. The number of carbonyl (C=O) groups is 1. The van der Waals surface area contributed by atoms with E-state index in [9.17, 15) is 4.79 Å². The van der Waals surface area contributed by atoms with E-state index < -0.39 is 0 Å². The number of hydrogen-bond donors (Lipinski definition) is 3. The Morgan fingerprint density at radius 1 is 1.42 bits per heavy atom. The molecule has 0 spiro atoms. The first-order chi connectivity index (χ1) is 8.97. The first kappa shape index (κ1) is 15.3. The number of rotatable bonds is 6. The zero-order valence-electron chi connectivity index (χ0n) is 11.6. The predicted molar refractivity (Wildman–Crippen MR) is 75.2 cm³/mol. The molecule has 1 aromatic carbocycles. The number of nitrogens with one attached hydrogen (secondary N) is 1. The van der Waals surface area contributed by atoms with Crippen molar-refractivity contribution in [3.05, 3.63) is 23.8 Å². The highest BCUT2D eigenvalue weighted by Gasteiger charge is 2.17. The van der Waals surface area contributed by atoms with E-state index in [0.717, 1.165) is 0 Å². The molecule has 4 N–H and O–H groups in total. The van der Waals surface area contributed by atoms with Crippen LogP contribution >= 0.6 is 0 Å². The minimum Gasteiger partial charge on any atom is -0.497 e. The van der Waals surface area contributed by atoms with Gasteiger partial charge in [-0.3, -0.25) is 4.79 Å². The number of benzene rings is 1. The van der Waals surface area contributed by atoms with Gasteiger partial charge in [0.05, 0.1) is 7.11 Å². The zero-order valence-corrected chi connectivity index (χ0v) is 11.6. The molecule has 0 heterocycles. The molecule has 0 radical (unpaired) electrons. The normalized spacial score (nSPS) is 12.3. The molecule has 0 saturated carbocycles. The molecule has 1 rings (SSSR count). The molecular formula is C14H22N2O3. The number of carbonyl (C=O) groups excluding carboxylic acids is 1. The summed E-state index contributed by atoms with van der Waals surface area (Å²) in [6.07, 6.45) is 0.531. The lowest BCUT2D eigenvalue weighted by molar-refractivity contribution is 0.0916. The van der Waals surface area contributed by atoms with E-state index in [0.29, 0.717) is 23.4 Å². The van der Waals surface area contributed by atoms with Crippen molar-refractivity contribution in [2.24, 2.45) is 5.92 Å². The lowest BCUT2D eigenvalue weighted by Gasteiger charge is -2.21. The third-order valence-corrected chi connectivity index (χ3v) is 2.99. The Labute approximate surface area is 113 Å². The van der Waals surface area contributed by atoms with Crippen LogP contribution in [0.5, 0.6) is 5.75 Å². The second kappa shape index (κ2) is 6.99. The van der Waals surface area contributed by atoms with Crippen LogP contribution < -0.4 is 15.8 Å². The topological polar surface area (TPSA) is 84.6 Å². The van der Waals surface area contributed by atoms with Gasteiger partial charge in [-0.15, -0.1) is 0 Å². The van der Waals surface area contributed by atoms with Crippen molar-refractivity contribution in [2.75, 3.05) is 19.5 Å². The van der Waals surface area contributed by atoms with Gasteiger partial charge < -0.3 is 20.9 Å². The maximum absolute atomic E-state index is 12.2. The average molecular weight is 266 g/mol. The zero-order chi connectivity index (χ0) is 14.4. The van der Waals surface area contributed by atoms with Crippen molar-refractivity contribution in [3.8, 4) is 5.75 Å². The molecule has 0 aliphatic carbocycles. The minimum atomic E-state index is -0.210. The summed E-state index contributed by atoms with van der Waals surface area (Å²) in [6.45, 7) is 4.05. The van der Waals surface area contributed by atoms with E-state index in [4.69, 9.17) is 15.6 Å². The number of aliphatic hydroxyl groups excluding tert-OH is 1. The molecule has 106 valence electrons. The molecule has 0 aromatic heterocycles. The molecule has 1 atom stereocenters. The van der Waals surface area contributed by atoms with Crippen LogP contribution in [0.3, 0.4) is 0 Å². The van der Waals surface area contributed by atoms with Gasteiger partial charge in [-0.2, -0.15) is 0 Å². The Morgan fingerprint density at radius 2 is 2.11 bits per heavy atom. The summed E-state index contributed by atoms with van der Waals surface area (Å²) in [6, 6.07) is 4.84. The van der Waals surface area contributed by atoms with Gasteiger partial charge in [0.25, 0.3) is 5.91 Å². The summed E-state index contributed by atoms with van der Waals surface area (Å²) in [5.41, 5.74) is 6.66. The van der Waals surface area contributed by atoms with Gasteiger partial charge in [-0.05, 0) is 24.5 Å². The SMILES string of the molecule is COc1cc(N)cc(C(=O)NC(CCO)C(C)C)c1. The first-order valence-corrected chi connectivity index (χ1v) is 6.34. The summed E-state index contributed by atoms with van der Waals surface area (Å²) < 4.78 is 5.09. The van der Waals surface area contributed by atoms with Crippen molar-refractivity contribution in [1.82, 2.24) is 5.32 Å². The Balaban J connectivity index is 2.84. The Morgan fingerprint density at radius 3 is 2.63 bits per heavy atom. The summed E-state index contributed by atoms with van der Waals surface area (Å²) >= 11 is 0. The van der Waals surface area contributed by atoms with E-state index in [1.165, 1.54) is 7.11 Å². The van der Waals surface area contributed by atoms with Crippen molar-refractivity contribution < 1.29 is 14.6 Å². The van der Waals surface area contributed by atoms with Gasteiger partial charge in [0.1, 0.15) is 5.75 Å². The molecule has 0 saturated heterocycles. The van der Waals surface area contributed by atoms with Crippen molar-refractivity contribution in [1.29, 1.82) is 0 Å². The first-order valence-electron chi connectivity index (χ1n) is 6.34. The summed E-state index contributed by atoms with van der Waals surface area (Å²) in [5.74, 6) is 0.588. The average Bonchev–Trinajstić information content (AvgIpc) is 2.37. The monoisotopic (exact) mass is 266 g/mol. The number of methoxy groups -OCH3 is 1. The highest BCUT2D eigenvalue weighted by atomic mass is 16.5. The fourth-order valence-electron chi connectivity index (χ4n) is 1.83. The van der Waals surface area contributed by atoms with Crippen LogP contribution in [0.25, 0.3) is 0 Å². The lowest BCUT2D eigenvalue weighted by atomic mass is 10.0. The van der Waals surface area contributed by atoms with Crippen LogP contribution in [0.2, 0.25) is 0 Å². The summed E-state index contributed by atoms with van der Waals surface area (Å²) in [5, 5.41) is 11.9. The number of nitrogen functional groups attached to an aromatic ring is 1. The quantitative estimate of drug-likeness (QED) is 0.680. The van der Waals surface area contributed by atoms with Gasteiger partial charge in [0, 0.05) is 30.0 Å². The van der Waals surface area contributed by atoms with Crippen molar-refractivity contribution in [3.63, 3.8) is 0 Å². The molecule has 19 heavy (non-hydrogen) atoms. The van der Waals surface area contributed by atoms with Gasteiger partial charge in [0.2, 0.25) is 0 Å². The van der Waals surface area contributed by atoms with Gasteiger partial charge in [0.15, 0.2) is 0 Å². The van der Waals surface area contributed by atoms with Crippen LogP contribution in [-0.2, 0) is 0 Å². The Hall–Kier alpha value is -1.75. The van der Waals surface area contributed by atoms with E-state index in [1.54, 1.807) is 18.2 Å². The maximum Gasteiger partial charge on any atom is 0.251 e. The Kier molecular flexibility index (Phi) is 5.63. The van der Waals surface area contributed by atoms with Gasteiger partial charge in [-0.25, -0.2) is 0 Å². The van der Waals surface area contributed by atoms with E-state index in [1.807, 2.05) is 13.8 Å². The summed E-state index contributed by atoms with van der Waals surface area (Å²) in [4.78, 5) is 12.2. The van der Waals surface area contributed by atoms with Gasteiger partial charge >= 0.3 is 0 Å². The fraction of sp³-hybridized carbons (Fsp3) is 0.500. The molecule has 0 aliphatic rings. The molecule has 1 amide bonds. The number of aliphatic hydroxyl groups is 1. The minimum absolute atomic E-state index is 0.0450. The number of ether oxygens (including phenoxy) is 1. The predicted octanol–water partition coefficient (Wildman–Crippen LogP) is 1.41.